The molecule has 0 bridgehead atoms. The van der Waals surface area contributed by atoms with Crippen molar-refractivity contribution in [2.45, 2.75) is 25.8 Å². The molecule has 1 atom stereocenters. The summed E-state index contributed by atoms with van der Waals surface area (Å²) in [6, 6.07) is 0.0711. The lowest BCUT2D eigenvalue weighted by molar-refractivity contribution is -0.136. The van der Waals surface area contributed by atoms with Gasteiger partial charge in [-0.1, -0.05) is 17.7 Å². The number of hydrogen-bond donors (Lipinski definition) is 1. The van der Waals surface area contributed by atoms with Crippen molar-refractivity contribution in [3.63, 3.8) is 0 Å². The predicted molar refractivity (Wildman–Crippen MR) is 70.7 cm³/mol. The van der Waals surface area contributed by atoms with Gasteiger partial charge in [0.25, 0.3) is 0 Å². The van der Waals surface area contributed by atoms with Gasteiger partial charge in [0.1, 0.15) is 0 Å². The zero-order chi connectivity index (χ0) is 13.1. The highest BCUT2D eigenvalue weighted by Crippen LogP contribution is 2.23. The summed E-state index contributed by atoms with van der Waals surface area (Å²) >= 11 is 0. The molecule has 0 aromatic carbocycles. The van der Waals surface area contributed by atoms with Crippen LogP contribution in [-0.4, -0.2) is 37.1 Å². The van der Waals surface area contributed by atoms with Gasteiger partial charge in [-0.25, -0.2) is 4.79 Å². The average molecular weight is 248 g/mol. The van der Waals surface area contributed by atoms with Gasteiger partial charge in [0, 0.05) is 30.4 Å². The Morgan fingerprint density at radius 3 is 2.89 bits per heavy atom. The predicted octanol–water partition coefficient (Wildman–Crippen LogP) is 1.35. The summed E-state index contributed by atoms with van der Waals surface area (Å²) in [5, 5.41) is 0. The Kier molecular flexibility index (Phi) is 3.87. The van der Waals surface area contributed by atoms with E-state index in [4.69, 9.17) is 10.5 Å². The van der Waals surface area contributed by atoms with E-state index < -0.39 is 0 Å². The van der Waals surface area contributed by atoms with E-state index in [-0.39, 0.29) is 12.0 Å². The van der Waals surface area contributed by atoms with Crippen LogP contribution in [0.1, 0.15) is 19.8 Å². The zero-order valence-corrected chi connectivity index (χ0v) is 11.0. The first-order valence-corrected chi connectivity index (χ1v) is 6.28. The highest BCUT2D eigenvalue weighted by atomic mass is 16.5. The first-order chi connectivity index (χ1) is 8.61. The largest absolute Gasteiger partial charge is 0.466 e. The zero-order valence-electron chi connectivity index (χ0n) is 11.0. The normalized spacial score (nSPS) is 24.1. The van der Waals surface area contributed by atoms with Crippen molar-refractivity contribution in [3.05, 3.63) is 35.1 Å². The minimum Gasteiger partial charge on any atom is -0.466 e. The lowest BCUT2D eigenvalue weighted by Gasteiger charge is -2.34. The number of allylic oxidation sites excluding steroid dienone is 2. The molecule has 0 amide bonds. The molecule has 0 saturated heterocycles. The lowest BCUT2D eigenvalue weighted by atomic mass is 9.98. The number of nitrogens with two attached hydrogens (primary N) is 1. The van der Waals surface area contributed by atoms with Gasteiger partial charge in [-0.3, -0.25) is 0 Å². The number of hydrogen-bond acceptors (Lipinski definition) is 4. The van der Waals surface area contributed by atoms with E-state index in [1.54, 1.807) is 0 Å². The summed E-state index contributed by atoms with van der Waals surface area (Å²) in [4.78, 5) is 13.7. The van der Waals surface area contributed by atoms with E-state index in [0.717, 1.165) is 31.5 Å². The van der Waals surface area contributed by atoms with Gasteiger partial charge in [0.15, 0.2) is 0 Å². The molecular weight excluding hydrogens is 228 g/mol. The Morgan fingerprint density at radius 1 is 1.50 bits per heavy atom. The van der Waals surface area contributed by atoms with E-state index >= 15 is 0 Å². The molecule has 1 aliphatic heterocycles. The fraction of sp³-hybridized carbons (Fsp3) is 0.500. The second kappa shape index (κ2) is 5.40. The summed E-state index contributed by atoms with van der Waals surface area (Å²) in [6.07, 6.45) is 7.86. The minimum atomic E-state index is -0.215. The number of esters is 1. The Bertz CT molecular complexity index is 435. The van der Waals surface area contributed by atoms with Crippen LogP contribution in [0.2, 0.25) is 0 Å². The monoisotopic (exact) mass is 248 g/mol. The van der Waals surface area contributed by atoms with Gasteiger partial charge < -0.3 is 15.4 Å². The standard InChI is InChI=1S/C14H20N2O2/c1-10-3-4-12(15)13(9-10)16-7-5-11(6-8-16)14(17)18-2/h3,5,9,12H,4,6-8,15H2,1-2H3. The van der Waals surface area contributed by atoms with Crippen LogP contribution in [0.25, 0.3) is 0 Å². The highest BCUT2D eigenvalue weighted by molar-refractivity contribution is 5.88. The van der Waals surface area contributed by atoms with E-state index in [9.17, 15) is 4.79 Å². The molecule has 98 valence electrons. The van der Waals surface area contributed by atoms with E-state index in [1.807, 2.05) is 6.08 Å². The van der Waals surface area contributed by atoms with Crippen molar-refractivity contribution in [3.8, 4) is 0 Å². The fourth-order valence-electron chi connectivity index (χ4n) is 2.38. The third kappa shape index (κ3) is 2.64. The lowest BCUT2D eigenvalue weighted by Crippen LogP contribution is -2.39. The molecule has 1 heterocycles. The van der Waals surface area contributed by atoms with Gasteiger partial charge >= 0.3 is 5.97 Å². The summed E-state index contributed by atoms with van der Waals surface area (Å²) in [5.74, 6) is -0.215. The molecule has 18 heavy (non-hydrogen) atoms. The van der Waals surface area contributed by atoms with E-state index in [0.29, 0.717) is 0 Å². The van der Waals surface area contributed by atoms with Crippen LogP contribution in [0.3, 0.4) is 0 Å². The van der Waals surface area contributed by atoms with Gasteiger partial charge in [-0.15, -0.1) is 0 Å². The Hall–Kier alpha value is -1.55. The second-order valence-corrected chi connectivity index (χ2v) is 4.78. The van der Waals surface area contributed by atoms with Gasteiger partial charge in [-0.2, -0.15) is 0 Å². The first-order valence-electron chi connectivity index (χ1n) is 6.28. The maximum absolute atomic E-state index is 11.4. The number of nitrogens with zero attached hydrogens (tertiary/aromatic N) is 1. The number of carbonyl (C=O) groups is 1. The second-order valence-electron chi connectivity index (χ2n) is 4.78. The number of ether oxygens (including phenoxy) is 1. The first kappa shape index (κ1) is 12.9. The molecule has 2 rings (SSSR count). The van der Waals surface area contributed by atoms with Gasteiger partial charge in [-0.05, 0) is 25.8 Å². The molecule has 0 aromatic heterocycles. The Balaban J connectivity index is 2.08. The smallest absolute Gasteiger partial charge is 0.333 e. The highest BCUT2D eigenvalue weighted by Gasteiger charge is 2.23. The molecule has 0 spiro atoms. The maximum Gasteiger partial charge on any atom is 0.333 e. The molecule has 2 N–H and O–H groups in total. The summed E-state index contributed by atoms with van der Waals surface area (Å²) in [5.41, 5.74) is 9.33. The van der Waals surface area contributed by atoms with Crippen molar-refractivity contribution in [2.24, 2.45) is 5.73 Å². The average Bonchev–Trinajstić information content (AvgIpc) is 2.41. The fourth-order valence-corrected chi connectivity index (χ4v) is 2.38. The molecular formula is C14H20N2O2. The van der Waals surface area contributed by atoms with Crippen LogP contribution >= 0.6 is 0 Å². The van der Waals surface area contributed by atoms with Crippen LogP contribution in [0.5, 0.6) is 0 Å². The van der Waals surface area contributed by atoms with Crippen molar-refractivity contribution >= 4 is 5.97 Å². The quantitative estimate of drug-likeness (QED) is 0.750. The third-order valence-corrected chi connectivity index (χ3v) is 3.47. The molecule has 4 nitrogen and oxygen atoms in total. The number of rotatable bonds is 2. The van der Waals surface area contributed by atoms with Crippen LogP contribution in [0.4, 0.5) is 0 Å². The van der Waals surface area contributed by atoms with Crippen molar-refractivity contribution in [2.75, 3.05) is 20.2 Å². The minimum absolute atomic E-state index is 0.0711. The Labute approximate surface area is 108 Å². The van der Waals surface area contributed by atoms with Crippen LogP contribution < -0.4 is 5.73 Å². The molecule has 1 aliphatic carbocycles. The van der Waals surface area contributed by atoms with Gasteiger partial charge in [0.05, 0.1) is 7.11 Å². The molecule has 2 aliphatic rings. The summed E-state index contributed by atoms with van der Waals surface area (Å²) < 4.78 is 4.73. The summed E-state index contributed by atoms with van der Waals surface area (Å²) in [7, 11) is 1.42. The van der Waals surface area contributed by atoms with Crippen LogP contribution in [0, 0.1) is 0 Å². The SMILES string of the molecule is COC(=O)C1=CCN(C2=CC(C)=CCC2N)CC1. The third-order valence-electron chi connectivity index (χ3n) is 3.47. The van der Waals surface area contributed by atoms with Crippen LogP contribution in [-0.2, 0) is 9.53 Å². The molecule has 0 fully saturated rings. The Morgan fingerprint density at radius 2 is 2.28 bits per heavy atom. The topological polar surface area (TPSA) is 55.6 Å². The van der Waals surface area contributed by atoms with E-state index in [1.165, 1.54) is 18.4 Å². The summed E-state index contributed by atoms with van der Waals surface area (Å²) in [6.45, 7) is 3.65. The number of carbonyl (C=O) groups excluding carboxylic acids is 1. The van der Waals surface area contributed by atoms with Crippen molar-refractivity contribution in [1.29, 1.82) is 0 Å². The van der Waals surface area contributed by atoms with Gasteiger partial charge in [0.2, 0.25) is 0 Å². The maximum atomic E-state index is 11.4. The molecule has 4 heteroatoms. The molecule has 0 aromatic rings. The van der Waals surface area contributed by atoms with Crippen molar-refractivity contribution < 1.29 is 9.53 Å². The molecule has 0 radical (unpaired) electrons. The number of methoxy groups -OCH3 is 1. The molecule has 1 unspecified atom stereocenters. The van der Waals surface area contributed by atoms with Crippen LogP contribution in [0.15, 0.2) is 35.1 Å². The van der Waals surface area contributed by atoms with Crippen molar-refractivity contribution in [1.82, 2.24) is 4.90 Å². The molecule has 0 saturated carbocycles. The van der Waals surface area contributed by atoms with E-state index in [2.05, 4.69) is 24.0 Å².